The zero-order chi connectivity index (χ0) is 12.0. The van der Waals surface area contributed by atoms with Crippen molar-refractivity contribution in [3.63, 3.8) is 0 Å². The van der Waals surface area contributed by atoms with Gasteiger partial charge in [0, 0.05) is 17.4 Å². The molecule has 0 unspecified atom stereocenters. The van der Waals surface area contributed by atoms with E-state index >= 15 is 0 Å². The number of rotatable bonds is 4. The first-order valence-corrected chi connectivity index (χ1v) is 5.51. The standard InChI is InChI=1S/C10H21NO.C2H6/c1-6-8(12)9(2,3)7-10(4,5)11;1-2/h6-7,11H2,1-5H3;1-2H3. The van der Waals surface area contributed by atoms with Crippen LogP contribution in [0.15, 0.2) is 0 Å². The third kappa shape index (κ3) is 7.07. The number of nitrogens with two attached hydrogens (primary N) is 1. The van der Waals surface area contributed by atoms with Gasteiger partial charge in [-0.05, 0) is 20.3 Å². The molecule has 0 fully saturated rings. The SMILES string of the molecule is CC.CCC(=O)C(C)(C)CC(C)(C)N. The number of hydrogen-bond donors (Lipinski definition) is 1. The van der Waals surface area contributed by atoms with Crippen LogP contribution < -0.4 is 5.73 Å². The molecule has 0 aliphatic rings. The Morgan fingerprint density at radius 2 is 1.50 bits per heavy atom. The average Bonchev–Trinajstić information content (AvgIpc) is 2.02. The molecule has 0 saturated heterocycles. The Morgan fingerprint density at radius 1 is 1.14 bits per heavy atom. The summed E-state index contributed by atoms with van der Waals surface area (Å²) in [5, 5.41) is 0. The number of hydrogen-bond acceptors (Lipinski definition) is 2. The first-order valence-electron chi connectivity index (χ1n) is 5.51. The molecule has 0 aromatic heterocycles. The van der Waals surface area contributed by atoms with Crippen LogP contribution in [0.3, 0.4) is 0 Å². The molecule has 0 spiro atoms. The van der Waals surface area contributed by atoms with Crippen LogP contribution in [-0.4, -0.2) is 11.3 Å². The van der Waals surface area contributed by atoms with Gasteiger partial charge in [0.15, 0.2) is 0 Å². The van der Waals surface area contributed by atoms with Gasteiger partial charge >= 0.3 is 0 Å². The molecule has 0 rings (SSSR count). The van der Waals surface area contributed by atoms with Gasteiger partial charge in [-0.25, -0.2) is 0 Å². The molecule has 0 aromatic rings. The van der Waals surface area contributed by atoms with E-state index in [1.165, 1.54) is 0 Å². The van der Waals surface area contributed by atoms with E-state index in [-0.39, 0.29) is 11.0 Å². The fourth-order valence-electron chi connectivity index (χ4n) is 1.72. The lowest BCUT2D eigenvalue weighted by Gasteiger charge is -2.30. The summed E-state index contributed by atoms with van der Waals surface area (Å²) in [6.45, 7) is 13.7. The Bertz CT molecular complexity index is 166. The Hall–Kier alpha value is -0.370. The van der Waals surface area contributed by atoms with Crippen molar-refractivity contribution >= 4 is 5.78 Å². The predicted molar refractivity (Wildman–Crippen MR) is 63.3 cm³/mol. The highest BCUT2D eigenvalue weighted by Gasteiger charge is 2.31. The number of Topliss-reactive ketones (excluding diaryl/α,β-unsaturated/α-hetero) is 1. The van der Waals surface area contributed by atoms with Crippen molar-refractivity contribution in [3.8, 4) is 0 Å². The molecule has 0 aliphatic carbocycles. The largest absolute Gasteiger partial charge is 0.326 e. The number of ketones is 1. The first-order chi connectivity index (χ1) is 6.19. The highest BCUT2D eigenvalue weighted by atomic mass is 16.1. The van der Waals surface area contributed by atoms with Crippen molar-refractivity contribution < 1.29 is 4.79 Å². The lowest BCUT2D eigenvalue weighted by Crippen LogP contribution is -2.40. The van der Waals surface area contributed by atoms with Crippen LogP contribution in [0.4, 0.5) is 0 Å². The van der Waals surface area contributed by atoms with Gasteiger partial charge in [0.05, 0.1) is 0 Å². The predicted octanol–water partition coefficient (Wildman–Crippen LogP) is 3.15. The Morgan fingerprint density at radius 3 is 1.71 bits per heavy atom. The minimum absolute atomic E-state index is 0.256. The summed E-state index contributed by atoms with van der Waals surface area (Å²) in [7, 11) is 0. The number of carbonyl (C=O) groups excluding carboxylic acids is 1. The summed E-state index contributed by atoms with van der Waals surface area (Å²) in [6, 6.07) is 0. The smallest absolute Gasteiger partial charge is 0.138 e. The van der Waals surface area contributed by atoms with Gasteiger partial charge in [-0.2, -0.15) is 0 Å². The average molecular weight is 201 g/mol. The van der Waals surface area contributed by atoms with E-state index in [2.05, 4.69) is 0 Å². The van der Waals surface area contributed by atoms with Gasteiger partial charge in [-0.15, -0.1) is 0 Å². The van der Waals surface area contributed by atoms with Crippen LogP contribution in [0.25, 0.3) is 0 Å². The van der Waals surface area contributed by atoms with Crippen LogP contribution in [0.1, 0.15) is 61.3 Å². The molecule has 0 heterocycles. The van der Waals surface area contributed by atoms with Crippen molar-refractivity contribution in [1.29, 1.82) is 0 Å². The second-order valence-corrected chi connectivity index (χ2v) is 4.83. The fourth-order valence-corrected chi connectivity index (χ4v) is 1.72. The highest BCUT2D eigenvalue weighted by molar-refractivity contribution is 5.83. The Kier molecular flexibility index (Phi) is 7.09. The van der Waals surface area contributed by atoms with E-state index in [0.717, 1.165) is 6.42 Å². The molecule has 2 nitrogen and oxygen atoms in total. The molecule has 0 atom stereocenters. The van der Waals surface area contributed by atoms with E-state index in [9.17, 15) is 4.79 Å². The maximum absolute atomic E-state index is 11.5. The maximum atomic E-state index is 11.5. The van der Waals surface area contributed by atoms with Gasteiger partial charge in [0.25, 0.3) is 0 Å². The third-order valence-corrected chi connectivity index (χ3v) is 1.97. The van der Waals surface area contributed by atoms with Gasteiger partial charge in [-0.3, -0.25) is 4.79 Å². The van der Waals surface area contributed by atoms with E-state index < -0.39 is 0 Å². The summed E-state index contributed by atoms with van der Waals surface area (Å²) in [5.41, 5.74) is 5.34. The monoisotopic (exact) mass is 201 g/mol. The van der Waals surface area contributed by atoms with Crippen molar-refractivity contribution in [3.05, 3.63) is 0 Å². The second kappa shape index (κ2) is 6.18. The molecular formula is C12H27NO. The van der Waals surface area contributed by atoms with Crippen LogP contribution in [0, 0.1) is 5.41 Å². The Balaban J connectivity index is 0. The van der Waals surface area contributed by atoms with Crippen LogP contribution in [0.2, 0.25) is 0 Å². The molecule has 2 N–H and O–H groups in total. The molecule has 0 bridgehead atoms. The molecule has 0 aromatic carbocycles. The van der Waals surface area contributed by atoms with E-state index in [1.54, 1.807) is 0 Å². The van der Waals surface area contributed by atoms with E-state index in [4.69, 9.17) is 5.73 Å². The fraction of sp³-hybridized carbons (Fsp3) is 0.917. The highest BCUT2D eigenvalue weighted by Crippen LogP contribution is 2.28. The van der Waals surface area contributed by atoms with Gasteiger partial charge in [0.1, 0.15) is 5.78 Å². The number of carbonyl (C=O) groups is 1. The normalized spacial score (nSPS) is 11.7. The molecule has 14 heavy (non-hydrogen) atoms. The summed E-state index contributed by atoms with van der Waals surface area (Å²) in [6.07, 6.45) is 1.34. The molecule has 0 saturated carbocycles. The van der Waals surface area contributed by atoms with Gasteiger partial charge < -0.3 is 5.73 Å². The lowest BCUT2D eigenvalue weighted by atomic mass is 9.77. The summed E-state index contributed by atoms with van der Waals surface area (Å²) in [5.74, 6) is 0.293. The molecule has 2 heteroatoms. The summed E-state index contributed by atoms with van der Waals surface area (Å²) >= 11 is 0. The zero-order valence-corrected chi connectivity index (χ0v) is 10.9. The van der Waals surface area contributed by atoms with Crippen LogP contribution in [0.5, 0.6) is 0 Å². The summed E-state index contributed by atoms with van der Waals surface area (Å²) < 4.78 is 0. The van der Waals surface area contributed by atoms with Crippen molar-refractivity contribution in [2.45, 2.75) is 66.8 Å². The van der Waals surface area contributed by atoms with Crippen LogP contribution in [-0.2, 0) is 4.79 Å². The molecule has 0 amide bonds. The topological polar surface area (TPSA) is 43.1 Å². The minimum Gasteiger partial charge on any atom is -0.326 e. The first kappa shape index (κ1) is 16.1. The lowest BCUT2D eigenvalue weighted by molar-refractivity contribution is -0.127. The Labute approximate surface area is 89.3 Å². The second-order valence-electron chi connectivity index (χ2n) is 4.83. The van der Waals surface area contributed by atoms with Crippen molar-refractivity contribution in [2.75, 3.05) is 0 Å². The van der Waals surface area contributed by atoms with Gasteiger partial charge in [0.2, 0.25) is 0 Å². The maximum Gasteiger partial charge on any atom is 0.138 e. The molecule has 0 aliphatic heterocycles. The quantitative estimate of drug-likeness (QED) is 0.759. The molecule has 0 radical (unpaired) electrons. The van der Waals surface area contributed by atoms with Crippen molar-refractivity contribution in [2.24, 2.45) is 11.1 Å². The van der Waals surface area contributed by atoms with E-state index in [0.29, 0.717) is 12.2 Å². The van der Waals surface area contributed by atoms with Gasteiger partial charge in [-0.1, -0.05) is 34.6 Å². The molecule has 86 valence electrons. The zero-order valence-electron chi connectivity index (χ0n) is 10.9. The minimum atomic E-state index is -0.271. The third-order valence-electron chi connectivity index (χ3n) is 1.97. The molecular weight excluding hydrogens is 174 g/mol. The van der Waals surface area contributed by atoms with Crippen molar-refractivity contribution in [1.82, 2.24) is 0 Å². The summed E-state index contributed by atoms with van der Waals surface area (Å²) in [4.78, 5) is 11.5. The van der Waals surface area contributed by atoms with E-state index in [1.807, 2.05) is 48.5 Å². The van der Waals surface area contributed by atoms with Crippen LogP contribution >= 0.6 is 0 Å².